The van der Waals surface area contributed by atoms with Crippen molar-refractivity contribution in [3.63, 3.8) is 0 Å². The van der Waals surface area contributed by atoms with Gasteiger partial charge in [-0.25, -0.2) is 4.98 Å². The van der Waals surface area contributed by atoms with Gasteiger partial charge in [0, 0.05) is 12.6 Å². The SMILES string of the molecule is COc1ccc2c(c1)nc(CCl)n2CC1CCCCC1C. The van der Waals surface area contributed by atoms with Crippen LogP contribution in [0.4, 0.5) is 0 Å². The topological polar surface area (TPSA) is 27.1 Å². The molecule has 1 saturated carbocycles. The first-order valence-electron chi connectivity index (χ1n) is 7.82. The Morgan fingerprint density at radius 3 is 2.86 bits per heavy atom. The Balaban J connectivity index is 1.96. The van der Waals surface area contributed by atoms with Gasteiger partial charge in [0.05, 0.1) is 24.0 Å². The predicted octanol–water partition coefficient (Wildman–Crippen LogP) is 4.61. The molecule has 0 saturated heterocycles. The maximum absolute atomic E-state index is 6.12. The first kappa shape index (κ1) is 14.7. The minimum absolute atomic E-state index is 0.456. The molecule has 0 radical (unpaired) electrons. The van der Waals surface area contributed by atoms with Gasteiger partial charge in [0.1, 0.15) is 11.6 Å². The highest BCUT2D eigenvalue weighted by Crippen LogP contribution is 2.32. The smallest absolute Gasteiger partial charge is 0.124 e. The lowest BCUT2D eigenvalue weighted by atomic mass is 9.80. The van der Waals surface area contributed by atoms with Crippen LogP contribution in [0.1, 0.15) is 38.4 Å². The summed E-state index contributed by atoms with van der Waals surface area (Å²) in [5.41, 5.74) is 2.15. The number of methoxy groups -OCH3 is 1. The van der Waals surface area contributed by atoms with Crippen LogP contribution in [0.5, 0.6) is 5.75 Å². The molecule has 0 amide bonds. The fourth-order valence-electron chi connectivity index (χ4n) is 3.49. The lowest BCUT2D eigenvalue weighted by Gasteiger charge is -2.29. The number of alkyl halides is 1. The number of hydrogen-bond acceptors (Lipinski definition) is 2. The lowest BCUT2D eigenvalue weighted by Crippen LogP contribution is -2.22. The maximum atomic E-state index is 6.12. The van der Waals surface area contributed by atoms with Crippen molar-refractivity contribution in [1.82, 2.24) is 9.55 Å². The summed E-state index contributed by atoms with van der Waals surface area (Å²) in [6.45, 7) is 3.42. The molecule has 3 nitrogen and oxygen atoms in total. The highest BCUT2D eigenvalue weighted by molar-refractivity contribution is 6.16. The van der Waals surface area contributed by atoms with Crippen LogP contribution >= 0.6 is 11.6 Å². The molecule has 0 aliphatic heterocycles. The molecule has 2 aromatic rings. The van der Waals surface area contributed by atoms with Crippen LogP contribution in [0.25, 0.3) is 11.0 Å². The largest absolute Gasteiger partial charge is 0.497 e. The Bertz CT molecular complexity index is 623. The van der Waals surface area contributed by atoms with Gasteiger partial charge in [0.25, 0.3) is 0 Å². The molecule has 1 heterocycles. The highest BCUT2D eigenvalue weighted by Gasteiger charge is 2.23. The molecule has 2 unspecified atom stereocenters. The summed E-state index contributed by atoms with van der Waals surface area (Å²) in [6.07, 6.45) is 5.40. The quantitative estimate of drug-likeness (QED) is 0.771. The van der Waals surface area contributed by atoms with Crippen molar-refractivity contribution in [3.05, 3.63) is 24.0 Å². The summed E-state index contributed by atoms with van der Waals surface area (Å²) in [4.78, 5) is 4.68. The van der Waals surface area contributed by atoms with E-state index in [1.165, 1.54) is 31.2 Å². The highest BCUT2D eigenvalue weighted by atomic mass is 35.5. The normalized spacial score (nSPS) is 22.6. The number of nitrogens with zero attached hydrogens (tertiary/aromatic N) is 2. The lowest BCUT2D eigenvalue weighted by molar-refractivity contribution is 0.229. The molecule has 114 valence electrons. The van der Waals surface area contributed by atoms with Gasteiger partial charge in [-0.3, -0.25) is 0 Å². The Labute approximate surface area is 131 Å². The Hall–Kier alpha value is -1.22. The number of aromatic nitrogens is 2. The average molecular weight is 307 g/mol. The van der Waals surface area contributed by atoms with E-state index in [1.807, 2.05) is 12.1 Å². The van der Waals surface area contributed by atoms with Crippen molar-refractivity contribution in [2.75, 3.05) is 7.11 Å². The van der Waals surface area contributed by atoms with Gasteiger partial charge >= 0.3 is 0 Å². The van der Waals surface area contributed by atoms with Gasteiger partial charge in [-0.15, -0.1) is 11.6 Å². The molecule has 0 bridgehead atoms. The summed E-state index contributed by atoms with van der Waals surface area (Å²) >= 11 is 6.12. The summed E-state index contributed by atoms with van der Waals surface area (Å²) < 4.78 is 7.60. The van der Waals surface area contributed by atoms with E-state index in [0.717, 1.165) is 35.5 Å². The number of benzene rings is 1. The fraction of sp³-hybridized carbons (Fsp3) is 0.588. The maximum Gasteiger partial charge on any atom is 0.124 e. The summed E-state index contributed by atoms with van der Waals surface area (Å²) in [7, 11) is 1.68. The van der Waals surface area contributed by atoms with Gasteiger partial charge in [-0.05, 0) is 30.4 Å². The number of rotatable bonds is 4. The van der Waals surface area contributed by atoms with Crippen LogP contribution < -0.4 is 4.74 Å². The second kappa shape index (κ2) is 6.27. The molecule has 4 heteroatoms. The third-order valence-electron chi connectivity index (χ3n) is 4.86. The van der Waals surface area contributed by atoms with Crippen LogP contribution in [-0.4, -0.2) is 16.7 Å². The van der Waals surface area contributed by atoms with E-state index in [1.54, 1.807) is 7.11 Å². The van der Waals surface area contributed by atoms with Crippen molar-refractivity contribution in [2.45, 2.75) is 45.0 Å². The van der Waals surface area contributed by atoms with Crippen molar-refractivity contribution in [3.8, 4) is 5.75 Å². The van der Waals surface area contributed by atoms with E-state index in [9.17, 15) is 0 Å². The second-order valence-electron chi connectivity index (χ2n) is 6.15. The second-order valence-corrected chi connectivity index (χ2v) is 6.42. The monoisotopic (exact) mass is 306 g/mol. The van der Waals surface area contributed by atoms with E-state index < -0.39 is 0 Å². The molecule has 1 aliphatic carbocycles. The van der Waals surface area contributed by atoms with E-state index in [2.05, 4.69) is 22.5 Å². The minimum atomic E-state index is 0.456. The van der Waals surface area contributed by atoms with E-state index >= 15 is 0 Å². The molecular weight excluding hydrogens is 284 g/mol. The van der Waals surface area contributed by atoms with Gasteiger partial charge in [-0.2, -0.15) is 0 Å². The number of imidazole rings is 1. The van der Waals surface area contributed by atoms with Gasteiger partial charge in [-0.1, -0.05) is 26.2 Å². The van der Waals surface area contributed by atoms with Crippen molar-refractivity contribution in [2.24, 2.45) is 11.8 Å². The molecule has 1 fully saturated rings. The Kier molecular flexibility index (Phi) is 4.39. The molecule has 21 heavy (non-hydrogen) atoms. The third kappa shape index (κ3) is 2.89. The Morgan fingerprint density at radius 1 is 1.33 bits per heavy atom. The number of ether oxygens (including phenoxy) is 1. The third-order valence-corrected chi connectivity index (χ3v) is 5.10. The summed E-state index contributed by atoms with van der Waals surface area (Å²) in [6, 6.07) is 6.10. The molecule has 1 aromatic heterocycles. The van der Waals surface area contributed by atoms with Crippen molar-refractivity contribution < 1.29 is 4.74 Å². The first-order valence-corrected chi connectivity index (χ1v) is 8.35. The number of halogens is 1. The van der Waals surface area contributed by atoms with Crippen LogP contribution in [0.3, 0.4) is 0 Å². The zero-order chi connectivity index (χ0) is 14.8. The van der Waals surface area contributed by atoms with Crippen molar-refractivity contribution in [1.29, 1.82) is 0 Å². The molecule has 3 rings (SSSR count). The minimum Gasteiger partial charge on any atom is -0.497 e. The Morgan fingerprint density at radius 2 is 2.14 bits per heavy atom. The van der Waals surface area contributed by atoms with E-state index in [0.29, 0.717) is 5.88 Å². The molecule has 2 atom stereocenters. The van der Waals surface area contributed by atoms with Gasteiger partial charge in [0.15, 0.2) is 0 Å². The zero-order valence-corrected chi connectivity index (χ0v) is 13.6. The van der Waals surface area contributed by atoms with E-state index in [-0.39, 0.29) is 0 Å². The van der Waals surface area contributed by atoms with Gasteiger partial charge in [0.2, 0.25) is 0 Å². The standard InChI is InChI=1S/C17H23ClN2O/c1-12-5-3-4-6-13(12)11-20-16-8-7-14(21-2)9-15(16)19-17(20)10-18/h7-9,12-13H,3-6,10-11H2,1-2H3. The molecule has 1 aromatic carbocycles. The average Bonchev–Trinajstić information content (AvgIpc) is 2.86. The molecule has 0 N–H and O–H groups in total. The van der Waals surface area contributed by atoms with Crippen LogP contribution in [0.2, 0.25) is 0 Å². The van der Waals surface area contributed by atoms with Crippen LogP contribution in [-0.2, 0) is 12.4 Å². The summed E-state index contributed by atoms with van der Waals surface area (Å²) in [5.74, 6) is 3.80. The van der Waals surface area contributed by atoms with Crippen LogP contribution in [0, 0.1) is 11.8 Å². The van der Waals surface area contributed by atoms with Crippen LogP contribution in [0.15, 0.2) is 18.2 Å². The molecular formula is C17H23ClN2O. The van der Waals surface area contributed by atoms with Crippen molar-refractivity contribution >= 4 is 22.6 Å². The zero-order valence-electron chi connectivity index (χ0n) is 12.8. The van der Waals surface area contributed by atoms with Gasteiger partial charge < -0.3 is 9.30 Å². The molecule has 1 aliphatic rings. The fourth-order valence-corrected chi connectivity index (χ4v) is 3.70. The first-order chi connectivity index (χ1) is 10.2. The predicted molar refractivity (Wildman–Crippen MR) is 87.0 cm³/mol. The van der Waals surface area contributed by atoms with E-state index in [4.69, 9.17) is 16.3 Å². The summed E-state index contributed by atoms with van der Waals surface area (Å²) in [5, 5.41) is 0. The molecule has 0 spiro atoms. The number of fused-ring (bicyclic) bond motifs is 1. The number of hydrogen-bond donors (Lipinski definition) is 0.